The fourth-order valence-electron chi connectivity index (χ4n) is 3.57. The van der Waals surface area contributed by atoms with Crippen molar-refractivity contribution in [2.24, 2.45) is 0 Å². The normalized spacial score (nSPS) is 25.0. The summed E-state index contributed by atoms with van der Waals surface area (Å²) in [7, 11) is 1.24. The Labute approximate surface area is 185 Å². The van der Waals surface area contributed by atoms with E-state index in [1.54, 1.807) is 30.3 Å². The molecule has 0 amide bonds. The van der Waals surface area contributed by atoms with E-state index in [0.717, 1.165) is 6.07 Å². The first-order valence-corrected chi connectivity index (χ1v) is 9.75. The summed E-state index contributed by atoms with van der Waals surface area (Å²) < 4.78 is 21.8. The monoisotopic (exact) mass is 460 g/mol. The zero-order valence-electron chi connectivity index (χ0n) is 17.1. The predicted octanol–water partition coefficient (Wildman–Crippen LogP) is 0.445. The Hall–Kier alpha value is -3.64. The first-order chi connectivity index (χ1) is 15.7. The van der Waals surface area contributed by atoms with Crippen LogP contribution in [0.2, 0.25) is 0 Å². The van der Waals surface area contributed by atoms with Crippen molar-refractivity contribution in [1.82, 2.24) is 0 Å². The van der Waals surface area contributed by atoms with Gasteiger partial charge >= 0.3 is 5.97 Å². The van der Waals surface area contributed by atoms with E-state index in [-0.39, 0.29) is 28.2 Å². The summed E-state index contributed by atoms with van der Waals surface area (Å²) in [5.41, 5.74) is -0.146. The maximum Gasteiger partial charge on any atom is 0.335 e. The molecular formula is C22H20O11. The lowest BCUT2D eigenvalue weighted by Crippen LogP contribution is -2.61. The summed E-state index contributed by atoms with van der Waals surface area (Å²) in [5, 5.41) is 49.5. The largest absolute Gasteiger partial charge is 0.507 e. The smallest absolute Gasteiger partial charge is 0.335 e. The van der Waals surface area contributed by atoms with Crippen molar-refractivity contribution in [2.45, 2.75) is 30.7 Å². The molecule has 0 spiro atoms. The molecule has 2 unspecified atom stereocenters. The van der Waals surface area contributed by atoms with Crippen molar-refractivity contribution in [3.63, 3.8) is 0 Å². The minimum atomic E-state index is -1.91. The average molecular weight is 460 g/mol. The SMILES string of the molecule is COc1c(O[C@@H]2OC(C(=O)O)[C@@H](O)[C@H](O)C2O)cc(O)c2c(=O)cc(-c3ccccc3)oc12. The third kappa shape index (κ3) is 3.98. The number of benzene rings is 2. The summed E-state index contributed by atoms with van der Waals surface area (Å²) in [5.74, 6) is -2.36. The molecule has 0 radical (unpaired) electrons. The molecule has 1 aliphatic rings. The molecule has 33 heavy (non-hydrogen) atoms. The number of hydrogen-bond donors (Lipinski definition) is 5. The van der Waals surface area contributed by atoms with Gasteiger partial charge < -0.3 is 44.2 Å². The van der Waals surface area contributed by atoms with Crippen molar-refractivity contribution >= 4 is 16.9 Å². The average Bonchev–Trinajstić information content (AvgIpc) is 2.79. The van der Waals surface area contributed by atoms with Crippen LogP contribution in [-0.4, -0.2) is 69.3 Å². The molecule has 3 aromatic rings. The third-order valence-corrected chi connectivity index (χ3v) is 5.22. The van der Waals surface area contributed by atoms with Gasteiger partial charge in [0.25, 0.3) is 0 Å². The van der Waals surface area contributed by atoms with Crippen molar-refractivity contribution in [2.75, 3.05) is 7.11 Å². The molecule has 0 aliphatic carbocycles. The summed E-state index contributed by atoms with van der Waals surface area (Å²) >= 11 is 0. The molecule has 5 atom stereocenters. The summed E-state index contributed by atoms with van der Waals surface area (Å²) in [6, 6.07) is 10.9. The highest BCUT2D eigenvalue weighted by Crippen LogP contribution is 2.42. The number of fused-ring (bicyclic) bond motifs is 1. The topological polar surface area (TPSA) is 176 Å². The Morgan fingerprint density at radius 2 is 1.73 bits per heavy atom. The van der Waals surface area contributed by atoms with Crippen LogP contribution in [0.1, 0.15) is 0 Å². The highest BCUT2D eigenvalue weighted by molar-refractivity contribution is 5.91. The Morgan fingerprint density at radius 3 is 2.36 bits per heavy atom. The quantitative estimate of drug-likeness (QED) is 0.357. The number of rotatable bonds is 5. The molecule has 1 aliphatic heterocycles. The number of aliphatic carboxylic acids is 1. The van der Waals surface area contributed by atoms with Gasteiger partial charge in [-0.15, -0.1) is 0 Å². The first kappa shape index (κ1) is 22.6. The van der Waals surface area contributed by atoms with Gasteiger partial charge in [-0.05, 0) is 0 Å². The molecule has 1 fully saturated rings. The number of aromatic hydroxyl groups is 1. The second kappa shape index (κ2) is 8.71. The highest BCUT2D eigenvalue weighted by atomic mass is 16.7. The number of hydrogen-bond acceptors (Lipinski definition) is 10. The van der Waals surface area contributed by atoms with Crippen LogP contribution in [-0.2, 0) is 9.53 Å². The molecule has 2 heterocycles. The standard InChI is InChI=1S/C22H20O11/c1-30-18-13(32-22-17(27)15(25)16(26)20(33-22)21(28)29)8-11(24)14-10(23)7-12(31-19(14)18)9-5-3-2-4-6-9/h2-8,15-17,20,22,24-27H,1H3,(H,28,29)/t15-,16-,17?,20?,22+/m0/s1. The fourth-order valence-corrected chi connectivity index (χ4v) is 3.57. The maximum absolute atomic E-state index is 12.7. The molecule has 0 bridgehead atoms. The van der Waals surface area contributed by atoms with Crippen molar-refractivity contribution in [1.29, 1.82) is 0 Å². The molecule has 174 valence electrons. The Morgan fingerprint density at radius 1 is 1.03 bits per heavy atom. The van der Waals surface area contributed by atoms with Gasteiger partial charge in [-0.25, -0.2) is 4.79 Å². The first-order valence-electron chi connectivity index (χ1n) is 9.75. The number of ether oxygens (including phenoxy) is 3. The number of aliphatic hydroxyl groups excluding tert-OH is 3. The van der Waals surface area contributed by atoms with E-state index in [1.807, 2.05) is 0 Å². The number of phenolic OH excluding ortho intramolecular Hbond substituents is 1. The maximum atomic E-state index is 12.7. The Balaban J connectivity index is 1.81. The van der Waals surface area contributed by atoms with Gasteiger partial charge in [0, 0.05) is 17.7 Å². The van der Waals surface area contributed by atoms with Gasteiger partial charge in [-0.1, -0.05) is 30.3 Å². The van der Waals surface area contributed by atoms with E-state index >= 15 is 0 Å². The van der Waals surface area contributed by atoms with Crippen LogP contribution in [0.15, 0.2) is 51.7 Å². The van der Waals surface area contributed by atoms with Crippen LogP contribution in [0.5, 0.6) is 17.2 Å². The molecule has 1 saturated heterocycles. The second-order valence-corrected chi connectivity index (χ2v) is 7.33. The lowest BCUT2D eigenvalue weighted by atomic mass is 9.99. The number of carboxylic acid groups (broad SMARTS) is 1. The minimum Gasteiger partial charge on any atom is -0.507 e. The molecular weight excluding hydrogens is 440 g/mol. The fraction of sp³-hybridized carbons (Fsp3) is 0.273. The molecule has 1 aromatic heterocycles. The van der Waals surface area contributed by atoms with E-state index in [1.165, 1.54) is 13.2 Å². The third-order valence-electron chi connectivity index (χ3n) is 5.22. The summed E-state index contributed by atoms with van der Waals surface area (Å²) in [6.45, 7) is 0. The van der Waals surface area contributed by atoms with Gasteiger partial charge in [-0.3, -0.25) is 4.79 Å². The minimum absolute atomic E-state index is 0.152. The lowest BCUT2D eigenvalue weighted by molar-refractivity contribution is -0.271. The molecule has 5 N–H and O–H groups in total. The van der Waals surface area contributed by atoms with Crippen molar-refractivity contribution in [3.8, 4) is 28.6 Å². The van der Waals surface area contributed by atoms with Gasteiger partial charge in [0.05, 0.1) is 7.11 Å². The molecule has 4 rings (SSSR count). The van der Waals surface area contributed by atoms with Crippen molar-refractivity contribution < 1.29 is 49.0 Å². The number of methoxy groups -OCH3 is 1. The highest BCUT2D eigenvalue weighted by Gasteiger charge is 2.48. The molecule has 11 nitrogen and oxygen atoms in total. The van der Waals surface area contributed by atoms with E-state index in [4.69, 9.17) is 18.6 Å². The predicted molar refractivity (Wildman–Crippen MR) is 111 cm³/mol. The van der Waals surface area contributed by atoms with Crippen LogP contribution >= 0.6 is 0 Å². The molecule has 2 aromatic carbocycles. The number of aliphatic hydroxyl groups is 3. The van der Waals surface area contributed by atoms with Gasteiger partial charge in [0.15, 0.2) is 22.9 Å². The second-order valence-electron chi connectivity index (χ2n) is 7.33. The van der Waals surface area contributed by atoms with Crippen LogP contribution < -0.4 is 14.9 Å². The van der Waals surface area contributed by atoms with E-state index < -0.39 is 47.9 Å². The number of phenols is 1. The Bertz CT molecular complexity index is 1240. The zero-order chi connectivity index (χ0) is 23.9. The van der Waals surface area contributed by atoms with Crippen LogP contribution in [0.3, 0.4) is 0 Å². The summed E-state index contributed by atoms with van der Waals surface area (Å²) in [6.07, 6.45) is -9.31. The van der Waals surface area contributed by atoms with Gasteiger partial charge in [-0.2, -0.15) is 0 Å². The Kier molecular flexibility index (Phi) is 5.95. The molecule has 11 heteroatoms. The van der Waals surface area contributed by atoms with Crippen LogP contribution in [0.25, 0.3) is 22.3 Å². The van der Waals surface area contributed by atoms with E-state index in [2.05, 4.69) is 0 Å². The van der Waals surface area contributed by atoms with Crippen LogP contribution in [0, 0.1) is 0 Å². The lowest BCUT2D eigenvalue weighted by Gasteiger charge is -2.38. The zero-order valence-corrected chi connectivity index (χ0v) is 17.1. The summed E-state index contributed by atoms with van der Waals surface area (Å²) in [4.78, 5) is 24.0. The molecule has 0 saturated carbocycles. The van der Waals surface area contributed by atoms with Gasteiger partial charge in [0.2, 0.25) is 12.0 Å². The van der Waals surface area contributed by atoms with Crippen molar-refractivity contribution in [3.05, 3.63) is 52.7 Å². The number of carboxylic acids is 1. The number of carbonyl (C=O) groups is 1. The van der Waals surface area contributed by atoms with Gasteiger partial charge in [0.1, 0.15) is 35.2 Å². The van der Waals surface area contributed by atoms with E-state index in [9.17, 15) is 35.1 Å². The van der Waals surface area contributed by atoms with Crippen LogP contribution in [0.4, 0.5) is 0 Å². The van der Waals surface area contributed by atoms with E-state index in [0.29, 0.717) is 5.56 Å².